The summed E-state index contributed by atoms with van der Waals surface area (Å²) in [6.07, 6.45) is 7.61. The highest BCUT2D eigenvalue weighted by Crippen LogP contribution is 2.39. The number of pyridine rings is 2. The molecule has 5 heteroatoms. The maximum atomic E-state index is 6.60. The topological polar surface area (TPSA) is 48.8 Å². The number of para-hydroxylation sites is 3. The minimum absolute atomic E-state index is 0.867. The molecule has 0 bridgehead atoms. The smallest absolute Gasteiger partial charge is 0.159 e. The summed E-state index contributed by atoms with van der Waals surface area (Å²) in [5, 5.41) is 6.83. The van der Waals surface area contributed by atoms with Crippen molar-refractivity contribution in [3.05, 3.63) is 122 Å². The fourth-order valence-corrected chi connectivity index (χ4v) is 6.26. The molecular formula is C34H20N4O. The van der Waals surface area contributed by atoms with Crippen LogP contribution in [-0.4, -0.2) is 19.1 Å². The quantitative estimate of drug-likeness (QED) is 0.239. The van der Waals surface area contributed by atoms with Crippen LogP contribution in [0.1, 0.15) is 0 Å². The molecule has 9 aromatic rings. The summed E-state index contributed by atoms with van der Waals surface area (Å²) in [6, 6.07) is 34.0. The number of rotatable bonds is 2. The number of furan rings is 1. The first-order chi connectivity index (χ1) is 19.4. The molecule has 0 aliphatic rings. The first-order valence-corrected chi connectivity index (χ1v) is 13.0. The maximum Gasteiger partial charge on any atom is 0.159 e. The molecule has 0 unspecified atom stereocenters. The van der Waals surface area contributed by atoms with Gasteiger partial charge in [-0.3, -0.25) is 9.97 Å². The van der Waals surface area contributed by atoms with Gasteiger partial charge in [0.2, 0.25) is 0 Å². The Bertz CT molecular complexity index is 2300. The Morgan fingerprint density at radius 3 is 1.85 bits per heavy atom. The monoisotopic (exact) mass is 500 g/mol. The molecule has 0 spiro atoms. The van der Waals surface area contributed by atoms with Crippen LogP contribution in [0.25, 0.3) is 76.9 Å². The molecule has 0 aliphatic heterocycles. The second kappa shape index (κ2) is 7.55. The highest BCUT2D eigenvalue weighted by Gasteiger charge is 2.18. The van der Waals surface area contributed by atoms with Gasteiger partial charge in [0.05, 0.1) is 27.8 Å². The first kappa shape index (κ1) is 20.6. The van der Waals surface area contributed by atoms with Crippen molar-refractivity contribution in [1.29, 1.82) is 0 Å². The molecule has 9 rings (SSSR count). The number of hydrogen-bond donors (Lipinski definition) is 0. The van der Waals surface area contributed by atoms with Gasteiger partial charge in [0.1, 0.15) is 5.58 Å². The van der Waals surface area contributed by atoms with E-state index in [1.807, 2.05) is 24.8 Å². The Kier molecular flexibility index (Phi) is 3.99. The van der Waals surface area contributed by atoms with E-state index < -0.39 is 0 Å². The summed E-state index contributed by atoms with van der Waals surface area (Å²) in [5.74, 6) is 0. The van der Waals surface area contributed by atoms with Gasteiger partial charge in [-0.05, 0) is 48.5 Å². The molecule has 0 atom stereocenters. The highest BCUT2D eigenvalue weighted by atomic mass is 16.3. The molecule has 0 saturated heterocycles. The van der Waals surface area contributed by atoms with Crippen molar-refractivity contribution in [3.8, 4) is 11.4 Å². The number of aromatic nitrogens is 4. The third kappa shape index (κ3) is 2.73. The van der Waals surface area contributed by atoms with E-state index in [2.05, 4.69) is 116 Å². The zero-order chi connectivity index (χ0) is 25.5. The average Bonchev–Trinajstić information content (AvgIpc) is 3.65. The highest BCUT2D eigenvalue weighted by molar-refractivity contribution is 6.13. The lowest BCUT2D eigenvalue weighted by molar-refractivity contribution is 0.666. The average molecular weight is 501 g/mol. The lowest BCUT2D eigenvalue weighted by Gasteiger charge is -2.08. The molecule has 4 aromatic carbocycles. The SMILES string of the molecule is c1cc(-n2c3ccccc3c3cnccc32)c2oc3ccc(-n4c5ccccc5c5cnccc54)cc3c2c1. The normalized spacial score (nSPS) is 12.1. The zero-order valence-electron chi connectivity index (χ0n) is 20.7. The van der Waals surface area contributed by atoms with Gasteiger partial charge < -0.3 is 13.6 Å². The third-order valence-electron chi connectivity index (χ3n) is 7.91. The van der Waals surface area contributed by atoms with Crippen molar-refractivity contribution in [1.82, 2.24) is 19.1 Å². The molecule has 0 N–H and O–H groups in total. The predicted octanol–water partition coefficient (Wildman–Crippen LogP) is 8.57. The molecule has 39 heavy (non-hydrogen) atoms. The first-order valence-electron chi connectivity index (χ1n) is 13.0. The standard InChI is InChI=1S/C34H20N4O/c1-3-9-28-22(6-1)26-19-35-16-14-30(26)37(28)21-12-13-33-25(18-21)24-8-5-11-32(34(24)39-33)38-29-10-4-2-7-23(29)27-20-36-17-15-31(27)38/h1-20H. The molecule has 0 radical (unpaired) electrons. The van der Waals surface area contributed by atoms with Crippen LogP contribution in [0, 0.1) is 0 Å². The van der Waals surface area contributed by atoms with Crippen LogP contribution in [0.5, 0.6) is 0 Å². The van der Waals surface area contributed by atoms with Crippen molar-refractivity contribution in [3.63, 3.8) is 0 Å². The fraction of sp³-hybridized carbons (Fsp3) is 0. The third-order valence-corrected chi connectivity index (χ3v) is 7.91. The fourth-order valence-electron chi connectivity index (χ4n) is 6.26. The van der Waals surface area contributed by atoms with E-state index in [9.17, 15) is 0 Å². The Labute approximate surface area is 222 Å². The number of fused-ring (bicyclic) bond motifs is 9. The van der Waals surface area contributed by atoms with E-state index >= 15 is 0 Å². The Morgan fingerprint density at radius 1 is 0.487 bits per heavy atom. The second-order valence-corrected chi connectivity index (χ2v) is 9.93. The van der Waals surface area contributed by atoms with Crippen LogP contribution in [-0.2, 0) is 0 Å². The van der Waals surface area contributed by atoms with Gasteiger partial charge in [-0.25, -0.2) is 0 Å². The summed E-state index contributed by atoms with van der Waals surface area (Å²) in [4.78, 5) is 8.80. The van der Waals surface area contributed by atoms with Gasteiger partial charge in [0, 0.05) is 62.8 Å². The molecule has 0 amide bonds. The van der Waals surface area contributed by atoms with E-state index in [4.69, 9.17) is 4.42 Å². The summed E-state index contributed by atoms with van der Waals surface area (Å²) >= 11 is 0. The molecule has 182 valence electrons. The molecule has 5 aromatic heterocycles. The van der Waals surface area contributed by atoms with E-state index in [0.717, 1.165) is 66.2 Å². The minimum atomic E-state index is 0.867. The maximum absolute atomic E-state index is 6.60. The molecule has 0 aliphatic carbocycles. The van der Waals surface area contributed by atoms with Gasteiger partial charge in [-0.2, -0.15) is 0 Å². The summed E-state index contributed by atoms with van der Waals surface area (Å²) in [7, 11) is 0. The molecule has 0 saturated carbocycles. The summed E-state index contributed by atoms with van der Waals surface area (Å²) in [6.45, 7) is 0. The Balaban J connectivity index is 1.34. The van der Waals surface area contributed by atoms with Crippen LogP contribution >= 0.6 is 0 Å². The van der Waals surface area contributed by atoms with E-state index in [0.29, 0.717) is 0 Å². The summed E-state index contributed by atoms with van der Waals surface area (Å²) < 4.78 is 11.2. The van der Waals surface area contributed by atoms with Crippen molar-refractivity contribution >= 4 is 65.6 Å². The van der Waals surface area contributed by atoms with Crippen molar-refractivity contribution in [2.45, 2.75) is 0 Å². The minimum Gasteiger partial charge on any atom is -0.454 e. The second-order valence-electron chi connectivity index (χ2n) is 9.93. The van der Waals surface area contributed by atoms with Crippen LogP contribution < -0.4 is 0 Å². The van der Waals surface area contributed by atoms with Gasteiger partial charge in [0.15, 0.2) is 5.58 Å². The Morgan fingerprint density at radius 2 is 1.10 bits per heavy atom. The lowest BCUT2D eigenvalue weighted by atomic mass is 10.1. The van der Waals surface area contributed by atoms with E-state index in [-0.39, 0.29) is 0 Å². The Hall–Kier alpha value is -5.42. The van der Waals surface area contributed by atoms with Crippen LogP contribution in [0.4, 0.5) is 0 Å². The van der Waals surface area contributed by atoms with Crippen molar-refractivity contribution < 1.29 is 4.42 Å². The van der Waals surface area contributed by atoms with Gasteiger partial charge in [-0.15, -0.1) is 0 Å². The number of hydrogen-bond acceptors (Lipinski definition) is 3. The van der Waals surface area contributed by atoms with Gasteiger partial charge >= 0.3 is 0 Å². The van der Waals surface area contributed by atoms with Crippen molar-refractivity contribution in [2.75, 3.05) is 0 Å². The van der Waals surface area contributed by atoms with Gasteiger partial charge in [-0.1, -0.05) is 48.5 Å². The predicted molar refractivity (Wildman–Crippen MR) is 158 cm³/mol. The molecule has 5 nitrogen and oxygen atoms in total. The van der Waals surface area contributed by atoms with Crippen molar-refractivity contribution in [2.24, 2.45) is 0 Å². The molecule has 5 heterocycles. The largest absolute Gasteiger partial charge is 0.454 e. The van der Waals surface area contributed by atoms with E-state index in [1.54, 1.807) is 0 Å². The van der Waals surface area contributed by atoms with Crippen LogP contribution in [0.3, 0.4) is 0 Å². The lowest BCUT2D eigenvalue weighted by Crippen LogP contribution is -1.94. The van der Waals surface area contributed by atoms with Crippen LogP contribution in [0.2, 0.25) is 0 Å². The zero-order valence-corrected chi connectivity index (χ0v) is 20.7. The number of nitrogens with zero attached hydrogens (tertiary/aromatic N) is 4. The molecule has 0 fully saturated rings. The van der Waals surface area contributed by atoms with E-state index in [1.165, 1.54) is 10.8 Å². The number of benzene rings is 4. The van der Waals surface area contributed by atoms with Crippen LogP contribution in [0.15, 0.2) is 126 Å². The van der Waals surface area contributed by atoms with Gasteiger partial charge in [0.25, 0.3) is 0 Å². The summed E-state index contributed by atoms with van der Waals surface area (Å²) in [5.41, 5.74) is 8.39. The molecular weight excluding hydrogens is 480 g/mol.